The molecule has 0 atom stereocenters. The Morgan fingerprint density at radius 1 is 1.25 bits per heavy atom. The van der Waals surface area contributed by atoms with Crippen molar-refractivity contribution in [1.29, 1.82) is 0 Å². The molecule has 0 spiro atoms. The van der Waals surface area contributed by atoms with Crippen LogP contribution in [-0.2, 0) is 9.59 Å². The van der Waals surface area contributed by atoms with Crippen LogP contribution in [0, 0.1) is 0 Å². The van der Waals surface area contributed by atoms with Crippen molar-refractivity contribution in [2.45, 2.75) is 0 Å². The predicted molar refractivity (Wildman–Crippen MR) is 61.1 cm³/mol. The Kier molecular flexibility index (Phi) is 4.03. The average molecular weight is 217 g/mol. The number of esters is 1. The van der Waals surface area contributed by atoms with E-state index in [1.807, 2.05) is 0 Å². The summed E-state index contributed by atoms with van der Waals surface area (Å²) >= 11 is 0. The molecule has 16 heavy (non-hydrogen) atoms. The molecule has 0 saturated heterocycles. The Balaban J connectivity index is 2.78. The summed E-state index contributed by atoms with van der Waals surface area (Å²) in [5.74, 6) is -0.536. The molecule has 0 aliphatic heterocycles. The number of anilines is 1. The third-order valence-corrected chi connectivity index (χ3v) is 1.67. The maximum atomic E-state index is 11.0. The van der Waals surface area contributed by atoms with Crippen LogP contribution in [0.3, 0.4) is 0 Å². The van der Waals surface area contributed by atoms with Gasteiger partial charge in [0.1, 0.15) is 5.75 Å². The fraction of sp³-hybridized carbons (Fsp3) is 0. The van der Waals surface area contributed by atoms with E-state index in [1.165, 1.54) is 6.07 Å². The summed E-state index contributed by atoms with van der Waals surface area (Å²) in [6.07, 6.45) is 2.22. The third kappa shape index (κ3) is 3.42. The number of ether oxygens (including phenoxy) is 1. The molecule has 4 nitrogen and oxygen atoms in total. The Hall–Kier alpha value is -2.36. The molecular formula is C12H11NO3. The third-order valence-electron chi connectivity index (χ3n) is 1.67. The lowest BCUT2D eigenvalue weighted by molar-refractivity contribution is -0.128. The fourth-order valence-corrected chi connectivity index (χ4v) is 0.988. The Labute approximate surface area is 93.2 Å². The highest BCUT2D eigenvalue weighted by Gasteiger charge is 2.02. The van der Waals surface area contributed by atoms with Crippen LogP contribution in [0.4, 0.5) is 5.69 Å². The normalized spacial score (nSPS) is 9.00. The summed E-state index contributed by atoms with van der Waals surface area (Å²) in [4.78, 5) is 21.9. The SMILES string of the molecule is C=CC(=O)Nc1cccc(OC(=O)C=C)c1. The zero-order valence-corrected chi connectivity index (χ0v) is 8.60. The van der Waals surface area contributed by atoms with Gasteiger partial charge in [0.2, 0.25) is 5.91 Å². The molecular weight excluding hydrogens is 206 g/mol. The molecule has 1 aromatic carbocycles. The maximum Gasteiger partial charge on any atom is 0.335 e. The number of carbonyl (C=O) groups is 2. The van der Waals surface area contributed by atoms with Crippen LogP contribution in [0.2, 0.25) is 0 Å². The lowest BCUT2D eigenvalue weighted by Crippen LogP contribution is -2.08. The fourth-order valence-electron chi connectivity index (χ4n) is 0.988. The van der Waals surface area contributed by atoms with Crippen LogP contribution >= 0.6 is 0 Å². The molecule has 0 aliphatic carbocycles. The molecule has 1 rings (SSSR count). The largest absolute Gasteiger partial charge is 0.423 e. The van der Waals surface area contributed by atoms with Gasteiger partial charge in [0.25, 0.3) is 0 Å². The molecule has 0 bridgehead atoms. The molecule has 0 aliphatic rings. The minimum Gasteiger partial charge on any atom is -0.423 e. The lowest BCUT2D eigenvalue weighted by Gasteiger charge is -2.05. The minimum absolute atomic E-state index is 0.327. The van der Waals surface area contributed by atoms with E-state index in [1.54, 1.807) is 18.2 Å². The van der Waals surface area contributed by atoms with Gasteiger partial charge in [0.15, 0.2) is 0 Å². The van der Waals surface area contributed by atoms with Crippen molar-refractivity contribution in [3.63, 3.8) is 0 Å². The molecule has 0 saturated carbocycles. The van der Waals surface area contributed by atoms with E-state index in [2.05, 4.69) is 18.5 Å². The van der Waals surface area contributed by atoms with Gasteiger partial charge in [0.05, 0.1) is 0 Å². The topological polar surface area (TPSA) is 55.4 Å². The second-order valence-electron chi connectivity index (χ2n) is 2.85. The second kappa shape index (κ2) is 5.50. The first-order valence-electron chi connectivity index (χ1n) is 4.53. The van der Waals surface area contributed by atoms with Crippen molar-refractivity contribution < 1.29 is 14.3 Å². The average Bonchev–Trinajstić information content (AvgIpc) is 2.29. The quantitative estimate of drug-likeness (QED) is 0.476. The Morgan fingerprint density at radius 2 is 2.00 bits per heavy atom. The molecule has 82 valence electrons. The van der Waals surface area contributed by atoms with Gasteiger partial charge in [-0.1, -0.05) is 19.2 Å². The van der Waals surface area contributed by atoms with Crippen molar-refractivity contribution in [2.24, 2.45) is 0 Å². The number of rotatable bonds is 4. The summed E-state index contributed by atoms with van der Waals surface area (Å²) in [6, 6.07) is 6.46. The van der Waals surface area contributed by atoms with Crippen molar-refractivity contribution >= 4 is 17.6 Å². The molecule has 0 unspecified atom stereocenters. The van der Waals surface area contributed by atoms with Crippen LogP contribution in [0.25, 0.3) is 0 Å². The van der Waals surface area contributed by atoms with Gasteiger partial charge in [-0.2, -0.15) is 0 Å². The van der Waals surface area contributed by atoms with Crippen molar-refractivity contribution in [2.75, 3.05) is 5.32 Å². The first-order valence-corrected chi connectivity index (χ1v) is 4.53. The number of hydrogen-bond acceptors (Lipinski definition) is 3. The number of hydrogen-bond donors (Lipinski definition) is 1. The summed E-state index contributed by atoms with van der Waals surface area (Å²) in [5.41, 5.74) is 0.527. The van der Waals surface area contributed by atoms with E-state index in [0.717, 1.165) is 12.2 Å². The number of nitrogens with one attached hydrogen (secondary N) is 1. The van der Waals surface area contributed by atoms with E-state index >= 15 is 0 Å². The van der Waals surface area contributed by atoms with Crippen molar-refractivity contribution in [3.05, 3.63) is 49.6 Å². The van der Waals surface area contributed by atoms with Crippen LogP contribution in [0.5, 0.6) is 5.75 Å². The van der Waals surface area contributed by atoms with Gasteiger partial charge in [-0.15, -0.1) is 0 Å². The standard InChI is InChI=1S/C12H11NO3/c1-3-11(14)13-9-6-5-7-10(8-9)16-12(15)4-2/h3-8H,1-2H2,(H,13,14). The highest BCUT2D eigenvalue weighted by atomic mass is 16.5. The molecule has 0 aromatic heterocycles. The summed E-state index contributed by atoms with van der Waals surface area (Å²) in [6.45, 7) is 6.61. The monoisotopic (exact) mass is 217 g/mol. The van der Waals surface area contributed by atoms with Crippen molar-refractivity contribution in [1.82, 2.24) is 0 Å². The summed E-state index contributed by atoms with van der Waals surface area (Å²) in [7, 11) is 0. The molecule has 1 aromatic rings. The van der Waals surface area contributed by atoms with Gasteiger partial charge in [-0.05, 0) is 18.2 Å². The molecule has 1 amide bonds. The smallest absolute Gasteiger partial charge is 0.335 e. The molecule has 0 radical (unpaired) electrons. The first kappa shape index (κ1) is 11.7. The second-order valence-corrected chi connectivity index (χ2v) is 2.85. The van der Waals surface area contributed by atoms with Gasteiger partial charge < -0.3 is 10.1 Å². The van der Waals surface area contributed by atoms with Crippen LogP contribution in [-0.4, -0.2) is 11.9 Å². The van der Waals surface area contributed by atoms with Crippen LogP contribution < -0.4 is 10.1 Å². The Morgan fingerprint density at radius 3 is 2.62 bits per heavy atom. The minimum atomic E-state index is -0.549. The predicted octanol–water partition coefficient (Wildman–Crippen LogP) is 1.90. The summed E-state index contributed by atoms with van der Waals surface area (Å²) in [5, 5.41) is 2.55. The van der Waals surface area contributed by atoms with E-state index in [-0.39, 0.29) is 5.91 Å². The number of benzene rings is 1. The van der Waals surface area contributed by atoms with Crippen molar-refractivity contribution in [3.8, 4) is 5.75 Å². The Bertz CT molecular complexity index is 400. The zero-order chi connectivity index (χ0) is 12.0. The van der Waals surface area contributed by atoms with Gasteiger partial charge in [0, 0.05) is 17.8 Å². The maximum absolute atomic E-state index is 11.0. The summed E-state index contributed by atoms with van der Waals surface area (Å²) < 4.78 is 4.89. The molecule has 1 N–H and O–H groups in total. The molecule has 4 heteroatoms. The highest BCUT2D eigenvalue weighted by molar-refractivity contribution is 5.99. The molecule has 0 fully saturated rings. The van der Waals surface area contributed by atoms with E-state index in [9.17, 15) is 9.59 Å². The van der Waals surface area contributed by atoms with E-state index in [4.69, 9.17) is 4.74 Å². The van der Waals surface area contributed by atoms with E-state index < -0.39 is 5.97 Å². The zero-order valence-electron chi connectivity index (χ0n) is 8.60. The van der Waals surface area contributed by atoms with E-state index in [0.29, 0.717) is 11.4 Å². The van der Waals surface area contributed by atoms with Crippen LogP contribution in [0.15, 0.2) is 49.6 Å². The van der Waals surface area contributed by atoms with Gasteiger partial charge >= 0.3 is 5.97 Å². The highest BCUT2D eigenvalue weighted by Crippen LogP contribution is 2.17. The van der Waals surface area contributed by atoms with Crippen LogP contribution in [0.1, 0.15) is 0 Å². The first-order chi connectivity index (χ1) is 7.65. The number of carbonyl (C=O) groups excluding carboxylic acids is 2. The lowest BCUT2D eigenvalue weighted by atomic mass is 10.3. The molecule has 0 heterocycles. The van der Waals surface area contributed by atoms with Gasteiger partial charge in [-0.3, -0.25) is 4.79 Å². The van der Waals surface area contributed by atoms with Gasteiger partial charge in [-0.25, -0.2) is 4.79 Å². The number of amides is 1.